The van der Waals surface area contributed by atoms with Crippen LogP contribution in [0.5, 0.6) is 0 Å². The van der Waals surface area contributed by atoms with Crippen molar-refractivity contribution in [2.75, 3.05) is 0 Å². The molecule has 0 aliphatic rings. The van der Waals surface area contributed by atoms with Crippen LogP contribution in [-0.4, -0.2) is 29.4 Å². The lowest BCUT2D eigenvalue weighted by Gasteiger charge is -2.12. The predicted octanol–water partition coefficient (Wildman–Crippen LogP) is 3.54. The molecule has 0 heterocycles. The molecule has 0 aromatic heterocycles. The fraction of sp³-hybridized carbons (Fsp3) is 1.00. The average Bonchev–Trinajstić information content (AvgIpc) is 2.33. The van der Waals surface area contributed by atoms with Gasteiger partial charge in [-0.15, -0.1) is 0 Å². The van der Waals surface area contributed by atoms with Gasteiger partial charge in [-0.05, 0) is 26.2 Å². The van der Waals surface area contributed by atoms with E-state index in [9.17, 15) is 13.5 Å². The molecule has 116 valence electrons. The third-order valence-corrected chi connectivity index (χ3v) is 4.81. The van der Waals surface area contributed by atoms with Crippen LogP contribution in [-0.2, 0) is 10.1 Å². The Morgan fingerprint density at radius 2 is 1.42 bits per heavy atom. The number of hydrogen-bond acceptors (Lipinski definition) is 3. The topological polar surface area (TPSA) is 74.6 Å². The first kappa shape index (κ1) is 18.9. The third kappa shape index (κ3) is 11.4. The molecule has 2 unspecified atom stereocenters. The molecule has 0 amide bonds. The van der Waals surface area contributed by atoms with Crippen LogP contribution in [0.3, 0.4) is 0 Å². The molecular formula is C14H30O4S. The molecule has 4 nitrogen and oxygen atoms in total. The van der Waals surface area contributed by atoms with Gasteiger partial charge in [-0.1, -0.05) is 51.9 Å². The van der Waals surface area contributed by atoms with Crippen molar-refractivity contribution in [2.45, 2.75) is 89.4 Å². The maximum Gasteiger partial charge on any atom is 0.267 e. The van der Waals surface area contributed by atoms with Crippen LogP contribution in [0.2, 0.25) is 0 Å². The fourth-order valence-electron chi connectivity index (χ4n) is 2.06. The molecule has 0 saturated heterocycles. The minimum absolute atomic E-state index is 0.316. The van der Waals surface area contributed by atoms with E-state index < -0.39 is 21.5 Å². The van der Waals surface area contributed by atoms with Gasteiger partial charge in [0.2, 0.25) is 0 Å². The Bertz CT molecular complexity index is 301. The summed E-state index contributed by atoms with van der Waals surface area (Å²) in [5, 5.41) is 8.95. The number of aliphatic hydroxyl groups is 1. The summed E-state index contributed by atoms with van der Waals surface area (Å²) in [4.78, 5) is 0. The van der Waals surface area contributed by atoms with E-state index in [0.29, 0.717) is 12.8 Å². The maximum atomic E-state index is 10.8. The van der Waals surface area contributed by atoms with Crippen LogP contribution >= 0.6 is 0 Å². The van der Waals surface area contributed by atoms with E-state index in [4.69, 9.17) is 4.55 Å². The monoisotopic (exact) mass is 294 g/mol. The van der Waals surface area contributed by atoms with E-state index in [1.165, 1.54) is 39.0 Å². The highest BCUT2D eigenvalue weighted by molar-refractivity contribution is 7.86. The molecule has 0 saturated carbocycles. The Hall–Kier alpha value is -0.130. The van der Waals surface area contributed by atoms with Crippen molar-refractivity contribution >= 4 is 10.1 Å². The fourth-order valence-corrected chi connectivity index (χ4v) is 2.49. The molecule has 0 aromatic rings. The molecule has 19 heavy (non-hydrogen) atoms. The Morgan fingerprint density at radius 1 is 0.895 bits per heavy atom. The first-order valence-electron chi connectivity index (χ1n) is 7.52. The number of hydrogen-bond donors (Lipinski definition) is 2. The Morgan fingerprint density at radius 3 is 1.95 bits per heavy atom. The lowest BCUT2D eigenvalue weighted by atomic mass is 10.0. The van der Waals surface area contributed by atoms with Crippen molar-refractivity contribution in [3.05, 3.63) is 0 Å². The molecule has 2 atom stereocenters. The van der Waals surface area contributed by atoms with Crippen LogP contribution in [0.1, 0.15) is 78.1 Å². The zero-order valence-electron chi connectivity index (χ0n) is 12.3. The summed E-state index contributed by atoms with van der Waals surface area (Å²) in [6, 6.07) is 0. The van der Waals surface area contributed by atoms with Crippen LogP contribution in [0.15, 0.2) is 0 Å². The van der Waals surface area contributed by atoms with Gasteiger partial charge in [0.15, 0.2) is 0 Å². The highest BCUT2D eigenvalue weighted by atomic mass is 32.2. The van der Waals surface area contributed by atoms with Crippen LogP contribution < -0.4 is 0 Å². The van der Waals surface area contributed by atoms with Crippen molar-refractivity contribution in [3.8, 4) is 0 Å². The van der Waals surface area contributed by atoms with E-state index in [2.05, 4.69) is 6.92 Å². The van der Waals surface area contributed by atoms with Crippen molar-refractivity contribution < 1.29 is 18.1 Å². The third-order valence-electron chi connectivity index (χ3n) is 3.56. The summed E-state index contributed by atoms with van der Waals surface area (Å²) in [6.07, 6.45) is 9.50. The Kier molecular flexibility index (Phi) is 10.6. The van der Waals surface area contributed by atoms with Gasteiger partial charge in [0.05, 0.1) is 11.4 Å². The molecular weight excluding hydrogens is 264 g/mol. The largest absolute Gasteiger partial charge is 0.393 e. The van der Waals surface area contributed by atoms with E-state index in [1.54, 1.807) is 0 Å². The highest BCUT2D eigenvalue weighted by Crippen LogP contribution is 2.14. The summed E-state index contributed by atoms with van der Waals surface area (Å²) < 4.78 is 30.4. The zero-order valence-corrected chi connectivity index (χ0v) is 13.2. The van der Waals surface area contributed by atoms with Gasteiger partial charge in [-0.2, -0.15) is 8.42 Å². The molecule has 2 N–H and O–H groups in total. The van der Waals surface area contributed by atoms with Gasteiger partial charge in [0.1, 0.15) is 0 Å². The number of aliphatic hydroxyl groups excluding tert-OH is 1. The zero-order chi connectivity index (χ0) is 14.7. The van der Waals surface area contributed by atoms with Gasteiger partial charge in [-0.25, -0.2) is 0 Å². The normalized spacial score (nSPS) is 15.4. The molecule has 0 aliphatic heterocycles. The summed E-state index contributed by atoms with van der Waals surface area (Å²) in [5.41, 5.74) is 0. The second kappa shape index (κ2) is 10.6. The van der Waals surface area contributed by atoms with Gasteiger partial charge < -0.3 is 5.11 Å². The second-order valence-electron chi connectivity index (χ2n) is 5.47. The first-order valence-corrected chi connectivity index (χ1v) is 9.02. The van der Waals surface area contributed by atoms with E-state index >= 15 is 0 Å². The van der Waals surface area contributed by atoms with Crippen LogP contribution in [0, 0.1) is 0 Å². The lowest BCUT2D eigenvalue weighted by Crippen LogP contribution is -2.19. The molecule has 0 bridgehead atoms. The molecule has 5 heteroatoms. The molecule has 0 spiro atoms. The van der Waals surface area contributed by atoms with E-state index in [0.717, 1.165) is 19.3 Å². The molecule has 0 rings (SSSR count). The SMILES string of the molecule is CCCCCCCCCC(O)CCC(C)S(=O)(=O)O. The van der Waals surface area contributed by atoms with Crippen molar-refractivity contribution in [1.29, 1.82) is 0 Å². The standard InChI is InChI=1S/C14H30O4S/c1-3-4-5-6-7-8-9-10-14(15)12-11-13(2)19(16,17)18/h13-15H,3-12H2,1-2H3,(H,16,17,18). The summed E-state index contributed by atoms with van der Waals surface area (Å²) in [6.45, 7) is 3.67. The van der Waals surface area contributed by atoms with Gasteiger partial charge in [0, 0.05) is 0 Å². The minimum atomic E-state index is -3.95. The van der Waals surface area contributed by atoms with Crippen LogP contribution in [0.4, 0.5) is 0 Å². The Labute approximate surface area is 118 Å². The number of unbranched alkanes of at least 4 members (excludes halogenated alkanes) is 6. The van der Waals surface area contributed by atoms with Gasteiger partial charge >= 0.3 is 0 Å². The predicted molar refractivity (Wildman–Crippen MR) is 78.9 cm³/mol. The molecule has 0 radical (unpaired) electrons. The minimum Gasteiger partial charge on any atom is -0.393 e. The average molecular weight is 294 g/mol. The first-order chi connectivity index (χ1) is 8.88. The maximum absolute atomic E-state index is 10.8. The molecule has 0 aromatic carbocycles. The van der Waals surface area contributed by atoms with Gasteiger partial charge in [0.25, 0.3) is 10.1 Å². The smallest absolute Gasteiger partial charge is 0.267 e. The molecule has 0 fully saturated rings. The summed E-state index contributed by atoms with van der Waals surface area (Å²) >= 11 is 0. The van der Waals surface area contributed by atoms with E-state index in [-0.39, 0.29) is 0 Å². The molecule has 0 aliphatic carbocycles. The highest BCUT2D eigenvalue weighted by Gasteiger charge is 2.18. The van der Waals surface area contributed by atoms with Gasteiger partial charge in [-0.3, -0.25) is 4.55 Å². The Balaban J connectivity index is 3.47. The van der Waals surface area contributed by atoms with Crippen molar-refractivity contribution in [3.63, 3.8) is 0 Å². The van der Waals surface area contributed by atoms with Crippen molar-refractivity contribution in [1.82, 2.24) is 0 Å². The van der Waals surface area contributed by atoms with E-state index in [1.807, 2.05) is 0 Å². The second-order valence-corrected chi connectivity index (χ2v) is 7.30. The van der Waals surface area contributed by atoms with Crippen molar-refractivity contribution in [2.24, 2.45) is 0 Å². The quantitative estimate of drug-likeness (QED) is 0.426. The summed E-state index contributed by atoms with van der Waals surface area (Å²) in [7, 11) is -3.95. The number of rotatable bonds is 12. The lowest BCUT2D eigenvalue weighted by molar-refractivity contribution is 0.148. The van der Waals surface area contributed by atoms with Crippen LogP contribution in [0.25, 0.3) is 0 Å². The summed E-state index contributed by atoms with van der Waals surface area (Å²) in [5.74, 6) is 0.